The third-order valence-corrected chi connectivity index (χ3v) is 3.13. The van der Waals surface area contributed by atoms with Crippen molar-refractivity contribution < 1.29 is 9.72 Å². The van der Waals surface area contributed by atoms with Crippen molar-refractivity contribution in [3.8, 4) is 0 Å². The summed E-state index contributed by atoms with van der Waals surface area (Å²) in [6.45, 7) is 6.36. The van der Waals surface area contributed by atoms with Gasteiger partial charge in [0.1, 0.15) is 0 Å². The van der Waals surface area contributed by atoms with Gasteiger partial charge in [-0.3, -0.25) is 14.9 Å². The maximum absolute atomic E-state index is 11.7. The highest BCUT2D eigenvalue weighted by Crippen LogP contribution is 2.11. The number of rotatable bonds is 8. The highest BCUT2D eigenvalue weighted by Gasteiger charge is 2.08. The van der Waals surface area contributed by atoms with E-state index in [0.29, 0.717) is 13.1 Å². The number of hydrogen-bond acceptors (Lipinski definition) is 4. The van der Waals surface area contributed by atoms with Crippen LogP contribution in [0.1, 0.15) is 19.4 Å². The Bertz CT molecular complexity index is 441. The molecule has 0 heterocycles. The fraction of sp³-hybridized carbons (Fsp3) is 0.500. The molecule has 0 spiro atoms. The second kappa shape index (κ2) is 8.27. The third-order valence-electron chi connectivity index (χ3n) is 3.13. The maximum Gasteiger partial charge on any atom is 0.269 e. The Morgan fingerprint density at radius 3 is 2.35 bits per heavy atom. The number of carbonyl (C=O) groups is 1. The number of hydrogen-bond donors (Lipinski definition) is 1. The molecule has 1 aromatic carbocycles. The molecule has 0 aliphatic carbocycles. The minimum Gasteiger partial charge on any atom is -0.342 e. The molecule has 0 bridgehead atoms. The molecule has 1 aromatic rings. The van der Waals surface area contributed by atoms with Crippen LogP contribution < -0.4 is 5.32 Å². The third kappa shape index (κ3) is 4.97. The normalized spacial score (nSPS) is 10.3. The van der Waals surface area contributed by atoms with Gasteiger partial charge in [-0.15, -0.1) is 0 Å². The Balaban J connectivity index is 2.30. The number of nitrogens with one attached hydrogen (secondary N) is 1. The highest BCUT2D eigenvalue weighted by molar-refractivity contribution is 5.78. The number of benzene rings is 1. The average Bonchev–Trinajstić information content (AvgIpc) is 2.45. The zero-order chi connectivity index (χ0) is 15.0. The summed E-state index contributed by atoms with van der Waals surface area (Å²) in [5.41, 5.74) is 1.11. The van der Waals surface area contributed by atoms with Crippen molar-refractivity contribution in [2.24, 2.45) is 0 Å². The summed E-state index contributed by atoms with van der Waals surface area (Å²) in [5.74, 6) is 0.0960. The van der Waals surface area contributed by atoms with Gasteiger partial charge in [0.05, 0.1) is 11.5 Å². The molecule has 6 nitrogen and oxygen atoms in total. The second-order valence-electron chi connectivity index (χ2n) is 4.42. The van der Waals surface area contributed by atoms with Crippen LogP contribution in [0.2, 0.25) is 0 Å². The Kier molecular flexibility index (Phi) is 6.66. The summed E-state index contributed by atoms with van der Waals surface area (Å²) in [4.78, 5) is 23.6. The van der Waals surface area contributed by atoms with Crippen LogP contribution in [0.3, 0.4) is 0 Å². The topological polar surface area (TPSA) is 75.5 Å². The molecule has 0 aliphatic heterocycles. The minimum absolute atomic E-state index is 0.0958. The lowest BCUT2D eigenvalue weighted by Gasteiger charge is -2.18. The number of carbonyl (C=O) groups excluding carboxylic acids is 1. The Morgan fingerprint density at radius 2 is 1.85 bits per heavy atom. The van der Waals surface area contributed by atoms with Gasteiger partial charge >= 0.3 is 0 Å². The summed E-state index contributed by atoms with van der Waals surface area (Å²) < 4.78 is 0. The fourth-order valence-electron chi connectivity index (χ4n) is 1.90. The second-order valence-corrected chi connectivity index (χ2v) is 4.42. The van der Waals surface area contributed by atoms with Crippen molar-refractivity contribution in [1.82, 2.24) is 10.2 Å². The number of likely N-dealkylation sites (N-methyl/N-ethyl adjacent to an activating group) is 1. The average molecular weight is 279 g/mol. The summed E-state index contributed by atoms with van der Waals surface area (Å²) in [6.07, 6.45) is 0.740. The highest BCUT2D eigenvalue weighted by atomic mass is 16.6. The Hall–Kier alpha value is -1.95. The molecule has 20 heavy (non-hydrogen) atoms. The summed E-state index contributed by atoms with van der Waals surface area (Å²) >= 11 is 0. The molecule has 0 saturated carbocycles. The van der Waals surface area contributed by atoms with Crippen molar-refractivity contribution in [3.63, 3.8) is 0 Å². The fourth-order valence-corrected chi connectivity index (χ4v) is 1.90. The molecule has 0 saturated heterocycles. The summed E-state index contributed by atoms with van der Waals surface area (Å²) in [5, 5.41) is 13.6. The van der Waals surface area contributed by atoms with Crippen LogP contribution in [-0.2, 0) is 11.2 Å². The van der Waals surface area contributed by atoms with Gasteiger partial charge in [0, 0.05) is 25.2 Å². The van der Waals surface area contributed by atoms with Crippen molar-refractivity contribution in [2.45, 2.75) is 20.3 Å². The first-order valence-electron chi connectivity index (χ1n) is 6.80. The molecule has 0 aliphatic rings. The molecular weight excluding hydrogens is 258 g/mol. The quantitative estimate of drug-likeness (QED) is 0.445. The molecule has 0 radical (unpaired) electrons. The Labute approximate surface area is 118 Å². The van der Waals surface area contributed by atoms with Gasteiger partial charge < -0.3 is 10.2 Å². The van der Waals surface area contributed by atoms with E-state index in [-0.39, 0.29) is 11.6 Å². The Morgan fingerprint density at radius 1 is 1.25 bits per heavy atom. The molecule has 6 heteroatoms. The number of nitro groups is 1. The predicted octanol–water partition coefficient (Wildman–Crippen LogP) is 1.60. The van der Waals surface area contributed by atoms with E-state index < -0.39 is 4.92 Å². The lowest BCUT2D eigenvalue weighted by atomic mass is 10.1. The number of nitro benzene ring substituents is 1. The number of nitrogens with zero attached hydrogens (tertiary/aromatic N) is 2. The summed E-state index contributed by atoms with van der Waals surface area (Å²) in [7, 11) is 0. The van der Waals surface area contributed by atoms with Crippen LogP contribution in [0, 0.1) is 10.1 Å². The molecule has 0 unspecified atom stereocenters. The van der Waals surface area contributed by atoms with Gasteiger partial charge in [-0.25, -0.2) is 0 Å². The SMILES string of the molecule is CCN(CC)C(=O)CNCCc1ccc([N+](=O)[O-])cc1. The van der Waals surface area contributed by atoms with E-state index in [2.05, 4.69) is 5.32 Å². The van der Waals surface area contributed by atoms with E-state index in [1.165, 1.54) is 12.1 Å². The molecule has 1 rings (SSSR count). The van der Waals surface area contributed by atoms with Crippen LogP contribution >= 0.6 is 0 Å². The molecule has 0 atom stereocenters. The van der Waals surface area contributed by atoms with Crippen molar-refractivity contribution in [2.75, 3.05) is 26.2 Å². The van der Waals surface area contributed by atoms with Crippen molar-refractivity contribution in [1.29, 1.82) is 0 Å². The first kappa shape index (κ1) is 16.1. The van der Waals surface area contributed by atoms with Crippen LogP contribution in [0.5, 0.6) is 0 Å². The lowest BCUT2D eigenvalue weighted by Crippen LogP contribution is -2.38. The molecule has 110 valence electrons. The predicted molar refractivity (Wildman–Crippen MR) is 77.6 cm³/mol. The van der Waals surface area contributed by atoms with Gasteiger partial charge in [0.15, 0.2) is 0 Å². The minimum atomic E-state index is -0.412. The molecule has 0 fully saturated rings. The molecule has 0 aromatic heterocycles. The molecular formula is C14H21N3O3. The van der Waals surface area contributed by atoms with Gasteiger partial charge in [0.2, 0.25) is 5.91 Å². The van der Waals surface area contributed by atoms with Gasteiger partial charge in [-0.2, -0.15) is 0 Å². The largest absolute Gasteiger partial charge is 0.342 e. The zero-order valence-electron chi connectivity index (χ0n) is 12.0. The number of amides is 1. The first-order valence-corrected chi connectivity index (χ1v) is 6.80. The van der Waals surface area contributed by atoms with Crippen LogP contribution in [0.15, 0.2) is 24.3 Å². The van der Waals surface area contributed by atoms with E-state index in [4.69, 9.17) is 0 Å². The van der Waals surface area contributed by atoms with E-state index in [9.17, 15) is 14.9 Å². The van der Waals surface area contributed by atoms with E-state index >= 15 is 0 Å². The van der Waals surface area contributed by atoms with Gasteiger partial charge in [-0.1, -0.05) is 12.1 Å². The molecule has 1 amide bonds. The van der Waals surface area contributed by atoms with E-state index in [1.54, 1.807) is 17.0 Å². The van der Waals surface area contributed by atoms with E-state index in [1.807, 2.05) is 13.8 Å². The maximum atomic E-state index is 11.7. The van der Waals surface area contributed by atoms with Gasteiger partial charge in [-0.05, 0) is 32.4 Å². The standard InChI is InChI=1S/C14H21N3O3/c1-3-16(4-2)14(18)11-15-10-9-12-5-7-13(8-6-12)17(19)20/h5-8,15H,3-4,9-11H2,1-2H3. The summed E-state index contributed by atoms with van der Waals surface area (Å²) in [6, 6.07) is 6.48. The van der Waals surface area contributed by atoms with E-state index in [0.717, 1.165) is 25.1 Å². The smallest absolute Gasteiger partial charge is 0.269 e. The van der Waals surface area contributed by atoms with Gasteiger partial charge in [0.25, 0.3) is 5.69 Å². The van der Waals surface area contributed by atoms with Crippen molar-refractivity contribution >= 4 is 11.6 Å². The lowest BCUT2D eigenvalue weighted by molar-refractivity contribution is -0.384. The van der Waals surface area contributed by atoms with Crippen LogP contribution in [-0.4, -0.2) is 41.9 Å². The monoisotopic (exact) mass is 279 g/mol. The van der Waals surface area contributed by atoms with Crippen molar-refractivity contribution in [3.05, 3.63) is 39.9 Å². The van der Waals surface area contributed by atoms with Crippen LogP contribution in [0.4, 0.5) is 5.69 Å². The number of non-ortho nitro benzene ring substituents is 1. The van der Waals surface area contributed by atoms with Crippen LogP contribution in [0.25, 0.3) is 0 Å². The zero-order valence-corrected chi connectivity index (χ0v) is 12.0. The molecule has 1 N–H and O–H groups in total. The first-order chi connectivity index (χ1) is 9.58.